The van der Waals surface area contributed by atoms with Crippen molar-refractivity contribution in [3.63, 3.8) is 0 Å². The summed E-state index contributed by atoms with van der Waals surface area (Å²) < 4.78 is 99.1. The van der Waals surface area contributed by atoms with E-state index in [9.17, 15) is 35.5 Å². The summed E-state index contributed by atoms with van der Waals surface area (Å²) in [7, 11) is 1.67. The minimum Gasteiger partial charge on any atom is -0.496 e. The molecule has 1 rings (SSSR count). The summed E-state index contributed by atoms with van der Waals surface area (Å²) in [5, 5.41) is 0. The number of alkyl halides is 7. The van der Waals surface area contributed by atoms with Crippen molar-refractivity contribution in [1.29, 1.82) is 0 Å². The minimum absolute atomic E-state index is 0.272. The van der Waals surface area contributed by atoms with E-state index < -0.39 is 40.9 Å². The first kappa shape index (κ1) is 18.1. The van der Waals surface area contributed by atoms with E-state index in [1.807, 2.05) is 0 Å². The van der Waals surface area contributed by atoms with Gasteiger partial charge in [0.25, 0.3) is 0 Å². The molecule has 1 aromatic carbocycles. The maximum absolute atomic E-state index is 13.8. The highest BCUT2D eigenvalue weighted by Crippen LogP contribution is 2.53. The Morgan fingerprint density at radius 1 is 1.00 bits per heavy atom. The molecule has 10 heteroatoms. The van der Waals surface area contributed by atoms with E-state index >= 15 is 0 Å². The zero-order valence-corrected chi connectivity index (χ0v) is 11.1. The molecule has 0 aromatic heterocycles. The second kappa shape index (κ2) is 5.65. The second-order valence-corrected chi connectivity index (χ2v) is 4.02. The van der Waals surface area contributed by atoms with Crippen LogP contribution in [0.1, 0.15) is 15.9 Å². The smallest absolute Gasteiger partial charge is 0.460 e. The lowest BCUT2D eigenvalue weighted by Crippen LogP contribution is -2.50. The van der Waals surface area contributed by atoms with Gasteiger partial charge in [-0.05, 0) is 6.07 Å². The fourth-order valence-electron chi connectivity index (χ4n) is 1.62. The Balaban J connectivity index is 3.65. The molecule has 0 unspecified atom stereocenters. The van der Waals surface area contributed by atoms with Gasteiger partial charge in [-0.3, -0.25) is 0 Å². The maximum Gasteiger partial charge on any atom is 0.460 e. The van der Waals surface area contributed by atoms with E-state index in [1.54, 1.807) is 0 Å². The molecule has 0 aliphatic carbocycles. The predicted molar refractivity (Wildman–Crippen MR) is 59.2 cm³/mol. The van der Waals surface area contributed by atoms with Crippen molar-refractivity contribution in [3.05, 3.63) is 29.3 Å². The van der Waals surface area contributed by atoms with E-state index in [1.165, 1.54) is 0 Å². The van der Waals surface area contributed by atoms with Gasteiger partial charge in [-0.25, -0.2) is 4.79 Å². The Morgan fingerprint density at radius 2 is 1.55 bits per heavy atom. The summed E-state index contributed by atoms with van der Waals surface area (Å²) in [6, 6.07) is 1.97. The Kier molecular flexibility index (Phi) is 4.64. The zero-order chi connectivity index (χ0) is 17.3. The fourth-order valence-corrected chi connectivity index (χ4v) is 1.62. The number of esters is 1. The van der Waals surface area contributed by atoms with Gasteiger partial charge >= 0.3 is 24.0 Å². The van der Waals surface area contributed by atoms with Crippen molar-refractivity contribution in [3.8, 4) is 5.75 Å². The zero-order valence-electron chi connectivity index (χ0n) is 11.1. The average molecular weight is 334 g/mol. The van der Waals surface area contributed by atoms with Crippen LogP contribution in [0.4, 0.5) is 30.7 Å². The first-order valence-corrected chi connectivity index (χ1v) is 5.50. The molecule has 0 bridgehead atoms. The molecule has 0 aliphatic heterocycles. The van der Waals surface area contributed by atoms with Crippen molar-refractivity contribution >= 4 is 5.97 Å². The molecule has 0 saturated carbocycles. The third-order valence-corrected chi connectivity index (χ3v) is 2.72. The topological polar surface area (TPSA) is 35.5 Å². The Labute approximate surface area is 119 Å². The third kappa shape index (κ3) is 2.69. The molecule has 0 saturated heterocycles. The molecule has 0 radical (unpaired) electrons. The number of benzene rings is 1. The van der Waals surface area contributed by atoms with Crippen LogP contribution < -0.4 is 4.74 Å². The van der Waals surface area contributed by atoms with Gasteiger partial charge in [0, 0.05) is 5.56 Å². The Hall–Kier alpha value is -2.00. The quantitative estimate of drug-likeness (QED) is 0.621. The molecule has 0 atom stereocenters. The molecular formula is C12H9F7O3. The van der Waals surface area contributed by atoms with E-state index in [0.717, 1.165) is 26.4 Å². The van der Waals surface area contributed by atoms with Gasteiger partial charge in [-0.15, -0.1) is 0 Å². The minimum atomic E-state index is -6.52. The molecule has 0 aliphatic rings. The molecule has 0 heterocycles. The summed E-state index contributed by atoms with van der Waals surface area (Å²) in [5.74, 6) is -14.3. The van der Waals surface area contributed by atoms with Gasteiger partial charge in [0.15, 0.2) is 0 Å². The van der Waals surface area contributed by atoms with Gasteiger partial charge in [-0.2, -0.15) is 30.7 Å². The molecule has 0 N–H and O–H groups in total. The van der Waals surface area contributed by atoms with Crippen LogP contribution in [0.3, 0.4) is 0 Å². The Morgan fingerprint density at radius 3 is 1.95 bits per heavy atom. The van der Waals surface area contributed by atoms with Crippen LogP contribution in [0, 0.1) is 0 Å². The molecule has 0 amide bonds. The number of halogens is 7. The lowest BCUT2D eigenvalue weighted by molar-refractivity contribution is -0.359. The summed E-state index contributed by atoms with van der Waals surface area (Å²) in [4.78, 5) is 11.5. The lowest BCUT2D eigenvalue weighted by Gasteiger charge is -2.29. The third-order valence-electron chi connectivity index (χ3n) is 2.72. The molecule has 3 nitrogen and oxygen atoms in total. The number of carbonyl (C=O) groups is 1. The normalized spacial score (nSPS) is 13.0. The fraction of sp³-hybridized carbons (Fsp3) is 0.417. The van der Waals surface area contributed by atoms with Crippen LogP contribution in [0.2, 0.25) is 0 Å². The highest BCUT2D eigenvalue weighted by Gasteiger charge is 2.74. The lowest BCUT2D eigenvalue weighted by atomic mass is 9.95. The highest BCUT2D eigenvalue weighted by atomic mass is 19.4. The van der Waals surface area contributed by atoms with E-state index in [4.69, 9.17) is 0 Å². The van der Waals surface area contributed by atoms with Crippen molar-refractivity contribution in [1.82, 2.24) is 0 Å². The molecule has 1 aromatic rings. The second-order valence-electron chi connectivity index (χ2n) is 4.02. The van der Waals surface area contributed by atoms with Crippen molar-refractivity contribution in [2.24, 2.45) is 0 Å². The standard InChI is InChI=1S/C12H9F7O3/c1-21-7-5-3-4-6(8(7)9(20)22-2)10(13,14)11(15,16)12(17,18)19/h3-5H,1-2H3. The molecule has 22 heavy (non-hydrogen) atoms. The van der Waals surface area contributed by atoms with Crippen molar-refractivity contribution < 1.29 is 45.0 Å². The van der Waals surface area contributed by atoms with Crippen LogP contribution in [0.5, 0.6) is 5.75 Å². The summed E-state index contributed by atoms with van der Waals surface area (Å²) >= 11 is 0. The number of ether oxygens (including phenoxy) is 2. The highest BCUT2D eigenvalue weighted by molar-refractivity contribution is 5.94. The average Bonchev–Trinajstić information content (AvgIpc) is 2.44. The number of carbonyl (C=O) groups excluding carboxylic acids is 1. The Bertz CT molecular complexity index is 566. The van der Waals surface area contributed by atoms with Gasteiger partial charge < -0.3 is 9.47 Å². The van der Waals surface area contributed by atoms with E-state index in [0.29, 0.717) is 0 Å². The van der Waals surface area contributed by atoms with Gasteiger partial charge in [-0.1, -0.05) is 12.1 Å². The van der Waals surface area contributed by atoms with Crippen molar-refractivity contribution in [2.45, 2.75) is 18.0 Å². The largest absolute Gasteiger partial charge is 0.496 e. The van der Waals surface area contributed by atoms with Crippen LogP contribution in [0.15, 0.2) is 18.2 Å². The summed E-state index contributed by atoms with van der Waals surface area (Å²) in [6.07, 6.45) is -6.52. The summed E-state index contributed by atoms with van der Waals surface area (Å²) in [5.41, 5.74) is -3.05. The SMILES string of the molecule is COC(=O)c1c(OC)cccc1C(F)(F)C(F)(F)C(F)(F)F. The van der Waals surface area contributed by atoms with Gasteiger partial charge in [0.2, 0.25) is 0 Å². The van der Waals surface area contributed by atoms with E-state index in [2.05, 4.69) is 9.47 Å². The van der Waals surface area contributed by atoms with Crippen LogP contribution in [-0.4, -0.2) is 32.3 Å². The summed E-state index contributed by atoms with van der Waals surface area (Å²) in [6.45, 7) is 0. The molecular weight excluding hydrogens is 325 g/mol. The van der Waals surface area contributed by atoms with Crippen LogP contribution in [0.25, 0.3) is 0 Å². The van der Waals surface area contributed by atoms with Gasteiger partial charge in [0.1, 0.15) is 11.3 Å². The first-order chi connectivity index (χ1) is 9.91. The molecule has 0 spiro atoms. The van der Waals surface area contributed by atoms with E-state index in [-0.39, 0.29) is 6.07 Å². The van der Waals surface area contributed by atoms with Gasteiger partial charge in [0.05, 0.1) is 14.2 Å². The number of hydrogen-bond donors (Lipinski definition) is 0. The number of rotatable bonds is 4. The van der Waals surface area contributed by atoms with Crippen LogP contribution in [-0.2, 0) is 10.7 Å². The molecule has 124 valence electrons. The number of methoxy groups -OCH3 is 2. The number of hydrogen-bond acceptors (Lipinski definition) is 3. The monoisotopic (exact) mass is 334 g/mol. The maximum atomic E-state index is 13.8. The first-order valence-electron chi connectivity index (χ1n) is 5.50. The predicted octanol–water partition coefficient (Wildman–Crippen LogP) is 3.77. The van der Waals surface area contributed by atoms with Crippen molar-refractivity contribution in [2.75, 3.05) is 14.2 Å². The molecule has 0 fully saturated rings. The van der Waals surface area contributed by atoms with Crippen LogP contribution >= 0.6 is 0 Å².